The summed E-state index contributed by atoms with van der Waals surface area (Å²) in [6.45, 7) is 2.10. The van der Waals surface area contributed by atoms with Crippen LogP contribution in [-0.4, -0.2) is 38.6 Å². The summed E-state index contributed by atoms with van der Waals surface area (Å²) < 4.78 is 5.19. The Hall–Kier alpha value is -2.97. The number of aromatic nitrogens is 2. The Morgan fingerprint density at radius 3 is 2.67 bits per heavy atom. The molecule has 9 heteroatoms. The zero-order valence-electron chi connectivity index (χ0n) is 19.0. The van der Waals surface area contributed by atoms with Gasteiger partial charge in [-0.1, -0.05) is 24.9 Å². The van der Waals surface area contributed by atoms with E-state index in [1.165, 1.54) is 6.07 Å². The first-order chi connectivity index (χ1) is 16.0. The Morgan fingerprint density at radius 1 is 1.21 bits per heavy atom. The minimum absolute atomic E-state index is 0.0327. The maximum Gasteiger partial charge on any atom is 0.337 e. The summed E-state index contributed by atoms with van der Waals surface area (Å²) in [6, 6.07) is 1.60. The largest absolute Gasteiger partial charge is 0.403 e. The molecule has 2 bridgehead atoms. The van der Waals surface area contributed by atoms with Crippen molar-refractivity contribution in [2.45, 2.75) is 89.6 Å². The Morgan fingerprint density at radius 2 is 1.97 bits per heavy atom. The van der Waals surface area contributed by atoms with Gasteiger partial charge in [0.1, 0.15) is 5.39 Å². The number of nitrogens with zero attached hydrogens (tertiary/aromatic N) is 3. The van der Waals surface area contributed by atoms with Crippen LogP contribution in [0.5, 0.6) is 6.01 Å². The van der Waals surface area contributed by atoms with Crippen LogP contribution in [0.1, 0.15) is 76.7 Å². The van der Waals surface area contributed by atoms with Crippen LogP contribution in [0.3, 0.4) is 0 Å². The van der Waals surface area contributed by atoms with E-state index in [-0.39, 0.29) is 35.1 Å². The number of oxime groups is 1. The van der Waals surface area contributed by atoms with Crippen molar-refractivity contribution in [3.63, 3.8) is 0 Å². The fourth-order valence-corrected chi connectivity index (χ4v) is 5.21. The van der Waals surface area contributed by atoms with Gasteiger partial charge in [-0.05, 0) is 50.5 Å². The summed E-state index contributed by atoms with van der Waals surface area (Å²) in [7, 11) is 0. The second-order valence-electron chi connectivity index (χ2n) is 9.51. The van der Waals surface area contributed by atoms with Crippen LogP contribution in [-0.2, 0) is 11.2 Å². The van der Waals surface area contributed by atoms with Gasteiger partial charge in [0, 0.05) is 36.9 Å². The van der Waals surface area contributed by atoms with Crippen molar-refractivity contribution in [1.29, 1.82) is 0 Å². The predicted molar refractivity (Wildman–Crippen MR) is 122 cm³/mol. The summed E-state index contributed by atoms with van der Waals surface area (Å²) in [5.74, 6) is 0.520. The number of nitrogens with one attached hydrogen (secondary N) is 1. The van der Waals surface area contributed by atoms with E-state index in [0.29, 0.717) is 30.7 Å². The predicted octanol–water partition coefficient (Wildman–Crippen LogP) is 3.30. The molecule has 9 nitrogen and oxygen atoms in total. The highest BCUT2D eigenvalue weighted by Gasteiger charge is 2.44. The first kappa shape index (κ1) is 21.9. The number of fused-ring (bicyclic) bond motifs is 3. The maximum atomic E-state index is 12.7. The van der Waals surface area contributed by atoms with Gasteiger partial charge in [-0.3, -0.25) is 14.6 Å². The molecule has 1 saturated carbocycles. The molecule has 0 spiro atoms. The molecule has 4 heterocycles. The van der Waals surface area contributed by atoms with Crippen LogP contribution in [0.15, 0.2) is 25.2 Å². The minimum atomic E-state index is -0.537. The van der Waals surface area contributed by atoms with Gasteiger partial charge in [0.2, 0.25) is 11.6 Å². The first-order valence-electron chi connectivity index (χ1n) is 12.2. The first-order valence-corrected chi connectivity index (χ1v) is 12.2. The van der Waals surface area contributed by atoms with E-state index < -0.39 is 11.2 Å². The third-order valence-electron chi connectivity index (χ3n) is 6.97. The molecule has 2 unspecified atom stereocenters. The quantitative estimate of drug-likeness (QED) is 0.507. The van der Waals surface area contributed by atoms with Crippen molar-refractivity contribution >= 4 is 22.7 Å². The highest BCUT2D eigenvalue weighted by Crippen LogP contribution is 2.39. The Balaban J connectivity index is 1.35. The molecule has 3 fully saturated rings. The monoisotopic (exact) mass is 454 g/mol. The topological polar surface area (TPSA) is 118 Å². The van der Waals surface area contributed by atoms with Gasteiger partial charge in [-0.15, -0.1) is 0 Å². The summed E-state index contributed by atoms with van der Waals surface area (Å²) in [4.78, 5) is 51.9. The van der Waals surface area contributed by atoms with E-state index in [1.807, 2.05) is 0 Å². The molecular weight excluding hydrogens is 424 g/mol. The smallest absolute Gasteiger partial charge is 0.337 e. The molecule has 2 aliphatic heterocycles. The molecule has 2 aromatic heterocycles. The molecular formula is C24H30N4O5. The van der Waals surface area contributed by atoms with Gasteiger partial charge in [0.05, 0.1) is 5.71 Å². The van der Waals surface area contributed by atoms with E-state index >= 15 is 0 Å². The lowest BCUT2D eigenvalue weighted by Gasteiger charge is -2.46. The molecule has 1 aliphatic carbocycles. The number of aryl methyl sites for hydroxylation is 1. The number of piperidine rings is 2. The summed E-state index contributed by atoms with van der Waals surface area (Å²) in [6.07, 6.45) is 9.98. The number of carbonyl (C=O) groups is 1. The van der Waals surface area contributed by atoms with Crippen LogP contribution < -0.4 is 16.0 Å². The van der Waals surface area contributed by atoms with E-state index in [4.69, 9.17) is 9.25 Å². The molecule has 2 atom stereocenters. The molecule has 1 N–H and O–H groups in total. The number of hydrogen-bond donors (Lipinski definition) is 1. The highest BCUT2D eigenvalue weighted by molar-refractivity contribution is 5.90. The molecule has 2 saturated heterocycles. The van der Waals surface area contributed by atoms with Crippen LogP contribution in [0.2, 0.25) is 0 Å². The van der Waals surface area contributed by atoms with Gasteiger partial charge in [-0.2, -0.15) is 4.98 Å². The Kier molecular flexibility index (Phi) is 6.03. The summed E-state index contributed by atoms with van der Waals surface area (Å²) in [5, 5.41) is 4.55. The number of amides is 1. The number of H-pyrrole nitrogens is 1. The zero-order valence-corrected chi connectivity index (χ0v) is 19.0. The molecule has 0 radical (unpaired) electrons. The van der Waals surface area contributed by atoms with Gasteiger partial charge < -0.3 is 14.2 Å². The van der Waals surface area contributed by atoms with Crippen LogP contribution in [0, 0.1) is 5.92 Å². The molecule has 5 rings (SSSR count). The van der Waals surface area contributed by atoms with Crippen LogP contribution in [0.4, 0.5) is 0 Å². The average molecular weight is 455 g/mol. The highest BCUT2D eigenvalue weighted by atomic mass is 16.6. The van der Waals surface area contributed by atoms with E-state index in [9.17, 15) is 14.4 Å². The second-order valence-corrected chi connectivity index (χ2v) is 9.51. The lowest BCUT2D eigenvalue weighted by atomic mass is 9.83. The number of unbranched alkanes of at least 4 members (excludes halogenated alkanes) is 2. The third kappa shape index (κ3) is 4.58. The summed E-state index contributed by atoms with van der Waals surface area (Å²) >= 11 is 0. The van der Waals surface area contributed by atoms with E-state index in [1.54, 1.807) is 0 Å². The van der Waals surface area contributed by atoms with E-state index in [2.05, 4.69) is 26.9 Å². The summed E-state index contributed by atoms with van der Waals surface area (Å²) in [5.41, 5.74) is 0.524. The fourth-order valence-electron chi connectivity index (χ4n) is 5.21. The lowest BCUT2D eigenvalue weighted by molar-refractivity contribution is -0.140. The third-order valence-corrected chi connectivity index (χ3v) is 6.97. The van der Waals surface area contributed by atoms with Crippen molar-refractivity contribution in [3.8, 4) is 6.01 Å². The van der Waals surface area contributed by atoms with Crippen molar-refractivity contribution < 1.29 is 14.0 Å². The van der Waals surface area contributed by atoms with Gasteiger partial charge in [0.25, 0.3) is 5.56 Å². The maximum absolute atomic E-state index is 12.7. The van der Waals surface area contributed by atoms with Crippen molar-refractivity contribution in [1.82, 2.24) is 14.9 Å². The SMILES string of the molecule is CCCCCc1cc(=O)oc2nc(ON=C3CC4CCCC(C3)N4C(=O)C3CC3)[nH]c(=O)c12. The normalized spacial score (nSPS) is 22.5. The van der Waals surface area contributed by atoms with Gasteiger partial charge in [-0.25, -0.2) is 4.79 Å². The molecule has 33 heavy (non-hydrogen) atoms. The minimum Gasteiger partial charge on any atom is -0.403 e. The molecule has 3 aliphatic rings. The number of rotatable bonds is 7. The number of carbonyl (C=O) groups excluding carboxylic acids is 1. The number of aromatic amines is 1. The Bertz CT molecular complexity index is 1180. The average Bonchev–Trinajstić information content (AvgIpc) is 3.61. The van der Waals surface area contributed by atoms with Crippen molar-refractivity contribution in [3.05, 3.63) is 32.4 Å². The molecule has 0 aromatic carbocycles. The van der Waals surface area contributed by atoms with Crippen molar-refractivity contribution in [2.24, 2.45) is 11.1 Å². The van der Waals surface area contributed by atoms with Gasteiger partial charge in [0.15, 0.2) is 0 Å². The molecule has 2 aromatic rings. The van der Waals surface area contributed by atoms with Crippen molar-refractivity contribution in [2.75, 3.05) is 0 Å². The zero-order chi connectivity index (χ0) is 22.9. The Labute approximate surface area is 191 Å². The molecule has 1 amide bonds. The van der Waals surface area contributed by atoms with Crippen LogP contribution >= 0.6 is 0 Å². The van der Waals surface area contributed by atoms with Crippen LogP contribution in [0.25, 0.3) is 11.1 Å². The van der Waals surface area contributed by atoms with Gasteiger partial charge >= 0.3 is 11.6 Å². The second kappa shape index (κ2) is 9.11. The lowest BCUT2D eigenvalue weighted by Crippen LogP contribution is -2.55. The number of hydrogen-bond acceptors (Lipinski definition) is 7. The standard InChI is InChI=1S/C24H30N4O5/c1-2-3-4-6-15-11-19(29)32-22-20(15)21(30)25-24(26-22)33-27-16-12-17-7-5-8-18(13-16)28(17)23(31)14-9-10-14/h11,14,17-18H,2-10,12-13H2,1H3,(H,25,26,30). The fraction of sp³-hybridized carbons (Fsp3) is 0.625. The van der Waals surface area contributed by atoms with E-state index in [0.717, 1.165) is 57.1 Å². The molecule has 176 valence electrons.